The lowest BCUT2D eigenvalue weighted by molar-refractivity contribution is -0.138. The van der Waals surface area contributed by atoms with E-state index in [1.165, 1.54) is 0 Å². The Balaban J connectivity index is 1.25. The van der Waals surface area contributed by atoms with Gasteiger partial charge in [0.2, 0.25) is 11.8 Å². The standard InChI is InChI=1S/C41H51N7O2/c1-6-24-47(39(49)8-3)28-37-42-26-35(44-37)32-20-16-30(17-21-32)31-18-22-33(23-19-31)36-27-43-38(45-36)29-48(25-7-2)41(50)40(46(9-4)10-5)34-14-12-11-13-15-34/h11-23,26-27,40H,6-10,24-25,28-29H2,1-5H3,(H,42,44)(H,43,45). The molecule has 9 nitrogen and oxygen atoms in total. The minimum absolute atomic E-state index is 0.102. The van der Waals surface area contributed by atoms with Crippen LogP contribution in [0, 0.1) is 0 Å². The van der Waals surface area contributed by atoms with Gasteiger partial charge in [-0.25, -0.2) is 9.97 Å². The summed E-state index contributed by atoms with van der Waals surface area (Å²) in [4.78, 5) is 48.5. The SMILES string of the molecule is CCCN(Cc1ncc(-c2ccc(-c3ccc(-c4cnc(CN(CCC)C(=O)C(c5ccccc5)N(CC)CC)[nH]4)cc3)cc2)[nH]1)C(=O)CC. The molecule has 0 radical (unpaired) electrons. The Bertz CT molecular complexity index is 1790. The summed E-state index contributed by atoms with van der Waals surface area (Å²) in [6, 6.07) is 26.6. The van der Waals surface area contributed by atoms with Gasteiger partial charge in [-0.3, -0.25) is 14.5 Å². The quantitative estimate of drug-likeness (QED) is 0.104. The van der Waals surface area contributed by atoms with Crippen molar-refractivity contribution in [2.75, 3.05) is 26.2 Å². The van der Waals surface area contributed by atoms with Gasteiger partial charge in [-0.1, -0.05) is 113 Å². The first kappa shape index (κ1) is 36.3. The van der Waals surface area contributed by atoms with Crippen LogP contribution in [-0.2, 0) is 22.7 Å². The molecule has 0 bridgehead atoms. The number of hydrogen-bond donors (Lipinski definition) is 2. The van der Waals surface area contributed by atoms with Crippen molar-refractivity contribution in [2.24, 2.45) is 0 Å². The lowest BCUT2D eigenvalue weighted by Crippen LogP contribution is -2.43. The van der Waals surface area contributed by atoms with E-state index in [0.717, 1.165) is 83.3 Å². The summed E-state index contributed by atoms with van der Waals surface area (Å²) >= 11 is 0. The molecule has 2 heterocycles. The first-order valence-corrected chi connectivity index (χ1v) is 18.0. The number of carbonyl (C=O) groups is 2. The van der Waals surface area contributed by atoms with Gasteiger partial charge in [0.15, 0.2) is 0 Å². The second-order valence-corrected chi connectivity index (χ2v) is 12.6. The molecule has 0 aliphatic rings. The van der Waals surface area contributed by atoms with Gasteiger partial charge in [0, 0.05) is 19.5 Å². The monoisotopic (exact) mass is 673 g/mol. The largest absolute Gasteiger partial charge is 0.341 e. The van der Waals surface area contributed by atoms with Crippen molar-refractivity contribution in [3.05, 3.63) is 108 Å². The zero-order valence-corrected chi connectivity index (χ0v) is 30.2. The third-order valence-corrected chi connectivity index (χ3v) is 9.14. The number of rotatable bonds is 17. The Morgan fingerprint density at radius 1 is 0.620 bits per heavy atom. The maximum absolute atomic E-state index is 14.1. The molecule has 0 saturated carbocycles. The average Bonchev–Trinajstić information content (AvgIpc) is 3.83. The fraction of sp³-hybridized carbons (Fsp3) is 0.366. The summed E-state index contributed by atoms with van der Waals surface area (Å²) in [5.41, 5.74) is 7.17. The summed E-state index contributed by atoms with van der Waals surface area (Å²) < 4.78 is 0. The molecule has 262 valence electrons. The highest BCUT2D eigenvalue weighted by molar-refractivity contribution is 5.83. The summed E-state index contributed by atoms with van der Waals surface area (Å²) in [6.07, 6.45) is 5.96. The van der Waals surface area contributed by atoms with Crippen LogP contribution in [0.25, 0.3) is 33.6 Å². The molecule has 0 aliphatic carbocycles. The Hall–Kier alpha value is -5.02. The predicted octanol–water partition coefficient (Wildman–Crippen LogP) is 8.10. The van der Waals surface area contributed by atoms with Gasteiger partial charge in [-0.05, 0) is 53.7 Å². The number of H-pyrrole nitrogens is 2. The van der Waals surface area contributed by atoms with Crippen molar-refractivity contribution in [1.29, 1.82) is 0 Å². The minimum atomic E-state index is -0.329. The summed E-state index contributed by atoms with van der Waals surface area (Å²) in [7, 11) is 0. The smallest absolute Gasteiger partial charge is 0.244 e. The first-order chi connectivity index (χ1) is 24.4. The third-order valence-electron chi connectivity index (χ3n) is 9.14. The summed E-state index contributed by atoms with van der Waals surface area (Å²) in [5, 5.41) is 0. The van der Waals surface area contributed by atoms with Crippen LogP contribution in [0.2, 0.25) is 0 Å². The van der Waals surface area contributed by atoms with Gasteiger partial charge < -0.3 is 19.8 Å². The van der Waals surface area contributed by atoms with E-state index in [1.54, 1.807) is 0 Å². The van der Waals surface area contributed by atoms with E-state index in [0.29, 0.717) is 26.1 Å². The van der Waals surface area contributed by atoms with E-state index < -0.39 is 0 Å². The number of hydrogen-bond acceptors (Lipinski definition) is 5. The van der Waals surface area contributed by atoms with Crippen LogP contribution in [0.3, 0.4) is 0 Å². The minimum Gasteiger partial charge on any atom is -0.341 e. The summed E-state index contributed by atoms with van der Waals surface area (Å²) in [6.45, 7) is 14.2. The Labute approximate surface area is 296 Å². The number of nitrogens with zero attached hydrogens (tertiary/aromatic N) is 5. The predicted molar refractivity (Wildman–Crippen MR) is 201 cm³/mol. The molecule has 50 heavy (non-hydrogen) atoms. The number of likely N-dealkylation sites (N-methyl/N-ethyl adjacent to an activating group) is 1. The molecule has 1 atom stereocenters. The van der Waals surface area contributed by atoms with Crippen molar-refractivity contribution in [3.63, 3.8) is 0 Å². The van der Waals surface area contributed by atoms with Gasteiger partial charge in [0.05, 0.1) is 36.9 Å². The van der Waals surface area contributed by atoms with E-state index >= 15 is 0 Å². The number of benzene rings is 3. The Kier molecular flexibility index (Phi) is 12.8. The number of carbonyl (C=O) groups excluding carboxylic acids is 2. The maximum Gasteiger partial charge on any atom is 0.244 e. The van der Waals surface area contributed by atoms with E-state index in [9.17, 15) is 9.59 Å². The van der Waals surface area contributed by atoms with Gasteiger partial charge in [-0.15, -0.1) is 0 Å². The zero-order valence-electron chi connectivity index (χ0n) is 30.2. The number of nitrogens with one attached hydrogen (secondary N) is 2. The summed E-state index contributed by atoms with van der Waals surface area (Å²) in [5.74, 6) is 1.80. The molecular weight excluding hydrogens is 622 g/mol. The molecule has 3 aromatic carbocycles. The van der Waals surface area contributed by atoms with E-state index in [4.69, 9.17) is 0 Å². The number of amides is 2. The second kappa shape index (κ2) is 17.6. The average molecular weight is 674 g/mol. The van der Waals surface area contributed by atoms with Gasteiger partial charge in [0.25, 0.3) is 0 Å². The van der Waals surface area contributed by atoms with Gasteiger partial charge in [-0.2, -0.15) is 0 Å². The Morgan fingerprint density at radius 3 is 1.54 bits per heavy atom. The van der Waals surface area contributed by atoms with Crippen LogP contribution in [0.1, 0.15) is 77.1 Å². The molecule has 0 aliphatic heterocycles. The van der Waals surface area contributed by atoms with Gasteiger partial charge in [0.1, 0.15) is 17.7 Å². The Morgan fingerprint density at radius 2 is 1.08 bits per heavy atom. The maximum atomic E-state index is 14.1. The molecule has 2 aromatic heterocycles. The molecule has 2 N–H and O–H groups in total. The molecular formula is C41H51N7O2. The van der Waals surface area contributed by atoms with Crippen LogP contribution in [0.4, 0.5) is 0 Å². The third kappa shape index (κ3) is 8.76. The zero-order chi connectivity index (χ0) is 35.5. The fourth-order valence-electron chi connectivity index (χ4n) is 6.45. The van der Waals surface area contributed by atoms with Crippen molar-refractivity contribution < 1.29 is 9.59 Å². The molecule has 9 heteroatoms. The van der Waals surface area contributed by atoms with Crippen molar-refractivity contribution in [1.82, 2.24) is 34.6 Å². The van der Waals surface area contributed by atoms with Crippen LogP contribution >= 0.6 is 0 Å². The lowest BCUT2D eigenvalue weighted by Gasteiger charge is -2.33. The topological polar surface area (TPSA) is 101 Å². The normalized spacial score (nSPS) is 11.9. The highest BCUT2D eigenvalue weighted by atomic mass is 16.2. The molecule has 0 saturated heterocycles. The number of aromatic nitrogens is 4. The molecule has 2 amide bonds. The van der Waals surface area contributed by atoms with E-state index in [2.05, 4.69) is 101 Å². The van der Waals surface area contributed by atoms with Crippen LogP contribution in [-0.4, -0.2) is 72.6 Å². The van der Waals surface area contributed by atoms with Crippen LogP contribution < -0.4 is 0 Å². The molecule has 5 aromatic rings. The fourth-order valence-corrected chi connectivity index (χ4v) is 6.45. The van der Waals surface area contributed by atoms with Crippen molar-refractivity contribution in [3.8, 4) is 33.6 Å². The number of aromatic amines is 2. The molecule has 1 unspecified atom stereocenters. The van der Waals surface area contributed by atoms with Crippen LogP contribution in [0.5, 0.6) is 0 Å². The lowest BCUT2D eigenvalue weighted by atomic mass is 10.0. The second-order valence-electron chi connectivity index (χ2n) is 12.6. The van der Waals surface area contributed by atoms with Crippen LogP contribution in [0.15, 0.2) is 91.3 Å². The van der Waals surface area contributed by atoms with Crippen molar-refractivity contribution in [2.45, 2.75) is 73.0 Å². The molecule has 5 rings (SSSR count). The van der Waals surface area contributed by atoms with Crippen molar-refractivity contribution >= 4 is 11.8 Å². The number of imidazole rings is 2. The first-order valence-electron chi connectivity index (χ1n) is 18.0. The molecule has 0 fully saturated rings. The molecule has 0 spiro atoms. The van der Waals surface area contributed by atoms with Gasteiger partial charge >= 0.3 is 0 Å². The highest BCUT2D eigenvalue weighted by Gasteiger charge is 2.30. The van der Waals surface area contributed by atoms with E-state index in [-0.39, 0.29) is 17.9 Å². The van der Waals surface area contributed by atoms with E-state index in [1.807, 2.05) is 59.4 Å². The highest BCUT2D eigenvalue weighted by Crippen LogP contribution is 2.28.